The molecule has 0 amide bonds. The Labute approximate surface area is 102 Å². The second-order valence-corrected chi connectivity index (χ2v) is 5.10. The monoisotopic (exact) mass is 228 g/mol. The zero-order valence-corrected chi connectivity index (χ0v) is 10.3. The summed E-state index contributed by atoms with van der Waals surface area (Å²) in [6, 6.07) is 0. The highest BCUT2D eigenvalue weighted by molar-refractivity contribution is 7.08. The average molecular weight is 228 g/mol. The fourth-order valence-corrected chi connectivity index (χ4v) is 2.91. The van der Waals surface area contributed by atoms with E-state index in [2.05, 4.69) is 17.8 Å². The maximum absolute atomic E-state index is 5.40. The predicted molar refractivity (Wildman–Crippen MR) is 70.3 cm³/mol. The molecular weight excluding hydrogens is 212 g/mol. The molecule has 1 heteroatoms. The molecule has 0 aliphatic heterocycles. The Hall–Kier alpha value is -1.18. The SMILES string of the molecule is C#Cc1cscc1C#CCC1CCCCC1. The lowest BCUT2D eigenvalue weighted by molar-refractivity contribution is 0.365. The van der Waals surface area contributed by atoms with E-state index in [0.717, 1.165) is 23.5 Å². The molecular formula is C15H16S. The highest BCUT2D eigenvalue weighted by atomic mass is 32.1. The summed E-state index contributed by atoms with van der Waals surface area (Å²) in [7, 11) is 0. The van der Waals surface area contributed by atoms with E-state index in [4.69, 9.17) is 6.42 Å². The first-order valence-electron chi connectivity index (χ1n) is 5.92. The standard InChI is InChI=1S/C15H16S/c1-2-14-11-16-12-15(14)10-6-9-13-7-4-3-5-8-13/h1,11-13H,3-5,7-9H2. The van der Waals surface area contributed by atoms with E-state index < -0.39 is 0 Å². The molecule has 0 spiro atoms. The molecule has 0 nitrogen and oxygen atoms in total. The highest BCUT2D eigenvalue weighted by Crippen LogP contribution is 2.25. The summed E-state index contributed by atoms with van der Waals surface area (Å²) >= 11 is 1.63. The molecule has 2 rings (SSSR count). The van der Waals surface area contributed by atoms with Gasteiger partial charge in [0.2, 0.25) is 0 Å². The third-order valence-electron chi connectivity index (χ3n) is 3.16. The minimum Gasteiger partial charge on any atom is -0.150 e. The molecule has 0 unspecified atom stereocenters. The zero-order chi connectivity index (χ0) is 11.2. The van der Waals surface area contributed by atoms with Crippen molar-refractivity contribution in [3.63, 3.8) is 0 Å². The Kier molecular flexibility index (Phi) is 4.09. The van der Waals surface area contributed by atoms with Crippen molar-refractivity contribution < 1.29 is 0 Å². The maximum atomic E-state index is 5.40. The molecule has 82 valence electrons. The highest BCUT2D eigenvalue weighted by Gasteiger charge is 2.11. The van der Waals surface area contributed by atoms with Crippen LogP contribution in [0.3, 0.4) is 0 Å². The van der Waals surface area contributed by atoms with Crippen molar-refractivity contribution in [2.24, 2.45) is 5.92 Å². The predicted octanol–water partition coefficient (Wildman–Crippen LogP) is 4.05. The van der Waals surface area contributed by atoms with Crippen LogP contribution in [0.2, 0.25) is 0 Å². The van der Waals surface area contributed by atoms with E-state index in [-0.39, 0.29) is 0 Å². The van der Waals surface area contributed by atoms with Gasteiger partial charge in [0.1, 0.15) is 0 Å². The average Bonchev–Trinajstić information content (AvgIpc) is 2.78. The first-order valence-corrected chi connectivity index (χ1v) is 6.86. The molecule has 0 N–H and O–H groups in total. The molecule has 0 saturated heterocycles. The fraction of sp³-hybridized carbons (Fsp3) is 0.467. The lowest BCUT2D eigenvalue weighted by Crippen LogP contribution is -2.04. The van der Waals surface area contributed by atoms with Crippen LogP contribution in [0, 0.1) is 30.1 Å². The van der Waals surface area contributed by atoms with E-state index in [1.54, 1.807) is 11.3 Å². The number of hydrogen-bond acceptors (Lipinski definition) is 1. The van der Waals surface area contributed by atoms with Gasteiger partial charge < -0.3 is 0 Å². The Morgan fingerprint density at radius 1 is 1.19 bits per heavy atom. The van der Waals surface area contributed by atoms with Crippen LogP contribution in [-0.2, 0) is 0 Å². The quantitative estimate of drug-likeness (QED) is 0.636. The molecule has 1 aromatic heterocycles. The largest absolute Gasteiger partial charge is 0.150 e. The van der Waals surface area contributed by atoms with E-state index >= 15 is 0 Å². The van der Waals surface area contributed by atoms with E-state index in [1.807, 2.05) is 10.8 Å². The zero-order valence-electron chi connectivity index (χ0n) is 9.46. The van der Waals surface area contributed by atoms with Gasteiger partial charge in [-0.1, -0.05) is 37.0 Å². The van der Waals surface area contributed by atoms with Crippen LogP contribution in [0.1, 0.15) is 49.7 Å². The summed E-state index contributed by atoms with van der Waals surface area (Å²) in [5.41, 5.74) is 1.98. The third kappa shape index (κ3) is 2.91. The lowest BCUT2D eigenvalue weighted by Gasteiger charge is -2.18. The Morgan fingerprint density at radius 3 is 2.69 bits per heavy atom. The molecule has 1 fully saturated rings. The van der Waals surface area contributed by atoms with Crippen molar-refractivity contribution in [2.75, 3.05) is 0 Å². The number of rotatable bonds is 1. The van der Waals surface area contributed by atoms with Crippen molar-refractivity contribution in [1.82, 2.24) is 0 Å². The summed E-state index contributed by atoms with van der Waals surface area (Å²) in [6.07, 6.45) is 13.4. The minimum atomic E-state index is 0.828. The van der Waals surface area contributed by atoms with Gasteiger partial charge in [-0.3, -0.25) is 0 Å². The smallest absolute Gasteiger partial charge is 0.0508 e. The van der Waals surface area contributed by atoms with E-state index in [9.17, 15) is 0 Å². The Balaban J connectivity index is 1.92. The van der Waals surface area contributed by atoms with Crippen molar-refractivity contribution in [3.8, 4) is 24.2 Å². The topological polar surface area (TPSA) is 0 Å². The van der Waals surface area contributed by atoms with Gasteiger partial charge in [-0.2, -0.15) is 0 Å². The molecule has 0 bridgehead atoms. The number of thiophene rings is 1. The number of terminal acetylenes is 1. The van der Waals surface area contributed by atoms with E-state index in [0.29, 0.717) is 0 Å². The third-order valence-corrected chi connectivity index (χ3v) is 3.90. The van der Waals surface area contributed by atoms with Gasteiger partial charge in [-0.15, -0.1) is 17.8 Å². The molecule has 0 atom stereocenters. The first-order chi connectivity index (χ1) is 7.90. The Morgan fingerprint density at radius 2 is 1.94 bits per heavy atom. The summed E-state index contributed by atoms with van der Waals surface area (Å²) in [6.45, 7) is 0. The molecule has 1 aliphatic carbocycles. The van der Waals surface area contributed by atoms with Crippen LogP contribution < -0.4 is 0 Å². The summed E-state index contributed by atoms with van der Waals surface area (Å²) in [5.74, 6) is 10.0. The van der Waals surface area contributed by atoms with Gasteiger partial charge >= 0.3 is 0 Å². The van der Waals surface area contributed by atoms with Crippen LogP contribution >= 0.6 is 11.3 Å². The van der Waals surface area contributed by atoms with Gasteiger partial charge in [-0.05, 0) is 18.8 Å². The number of hydrogen-bond donors (Lipinski definition) is 0. The van der Waals surface area contributed by atoms with Gasteiger partial charge in [0.15, 0.2) is 0 Å². The maximum Gasteiger partial charge on any atom is 0.0508 e. The normalized spacial score (nSPS) is 16.2. The minimum absolute atomic E-state index is 0.828. The molecule has 1 aromatic rings. The molecule has 1 heterocycles. The van der Waals surface area contributed by atoms with Crippen molar-refractivity contribution in [1.29, 1.82) is 0 Å². The lowest BCUT2D eigenvalue weighted by atomic mass is 9.87. The van der Waals surface area contributed by atoms with E-state index in [1.165, 1.54) is 32.1 Å². The summed E-state index contributed by atoms with van der Waals surface area (Å²) in [4.78, 5) is 0. The molecule has 0 radical (unpaired) electrons. The van der Waals surface area contributed by atoms with Gasteiger partial charge in [0.25, 0.3) is 0 Å². The van der Waals surface area contributed by atoms with Gasteiger partial charge in [0.05, 0.1) is 11.1 Å². The summed E-state index contributed by atoms with van der Waals surface area (Å²) < 4.78 is 0. The second kappa shape index (κ2) is 5.78. The molecule has 16 heavy (non-hydrogen) atoms. The summed E-state index contributed by atoms with van der Waals surface area (Å²) in [5, 5.41) is 4.04. The Bertz CT molecular complexity index is 430. The van der Waals surface area contributed by atoms with Gasteiger partial charge in [-0.25, -0.2) is 0 Å². The molecule has 1 saturated carbocycles. The van der Waals surface area contributed by atoms with Crippen LogP contribution in [0.5, 0.6) is 0 Å². The molecule has 0 aromatic carbocycles. The fourth-order valence-electron chi connectivity index (χ4n) is 2.19. The van der Waals surface area contributed by atoms with Crippen LogP contribution in [0.15, 0.2) is 10.8 Å². The first kappa shape index (κ1) is 11.3. The van der Waals surface area contributed by atoms with Crippen LogP contribution in [0.25, 0.3) is 0 Å². The van der Waals surface area contributed by atoms with Gasteiger partial charge in [0, 0.05) is 17.2 Å². The van der Waals surface area contributed by atoms with Crippen molar-refractivity contribution in [3.05, 3.63) is 21.9 Å². The van der Waals surface area contributed by atoms with Crippen molar-refractivity contribution in [2.45, 2.75) is 38.5 Å². The van der Waals surface area contributed by atoms with Crippen molar-refractivity contribution >= 4 is 11.3 Å². The van der Waals surface area contributed by atoms with Crippen LogP contribution in [0.4, 0.5) is 0 Å². The molecule has 1 aliphatic rings. The van der Waals surface area contributed by atoms with Crippen LogP contribution in [-0.4, -0.2) is 0 Å². The second-order valence-electron chi connectivity index (χ2n) is 4.35.